The molecule has 106 valence electrons. The van der Waals surface area contributed by atoms with E-state index < -0.39 is 0 Å². The molecule has 0 aliphatic heterocycles. The molecular weight excluding hydrogens is 252 g/mol. The number of rotatable bonds is 6. The van der Waals surface area contributed by atoms with Crippen molar-refractivity contribution in [1.29, 1.82) is 0 Å². The van der Waals surface area contributed by atoms with Gasteiger partial charge < -0.3 is 15.2 Å². The number of hydrogen-bond acceptors (Lipinski definition) is 4. The number of benzene rings is 1. The van der Waals surface area contributed by atoms with Crippen LogP contribution in [-0.4, -0.2) is 12.1 Å². The van der Waals surface area contributed by atoms with E-state index in [0.29, 0.717) is 19.0 Å². The number of nitrogens with two attached hydrogens (primary N) is 1. The normalized spacial score (nSPS) is 10.3. The summed E-state index contributed by atoms with van der Waals surface area (Å²) in [6.07, 6.45) is 0.864. The first kappa shape index (κ1) is 14.3. The number of hydrogen-bond donors (Lipinski definition) is 1. The van der Waals surface area contributed by atoms with Gasteiger partial charge in [-0.1, -0.05) is 19.1 Å². The Labute approximate surface area is 119 Å². The molecule has 4 heteroatoms. The fourth-order valence-electron chi connectivity index (χ4n) is 1.91. The first-order chi connectivity index (χ1) is 9.75. The maximum atomic E-state index is 5.75. The van der Waals surface area contributed by atoms with Crippen LogP contribution in [-0.2, 0) is 19.6 Å². The Balaban J connectivity index is 2.09. The van der Waals surface area contributed by atoms with Crippen LogP contribution in [0.4, 0.5) is 0 Å². The van der Waals surface area contributed by atoms with Crippen LogP contribution >= 0.6 is 0 Å². The van der Waals surface area contributed by atoms with Crippen molar-refractivity contribution in [2.75, 3.05) is 7.11 Å². The van der Waals surface area contributed by atoms with E-state index in [2.05, 4.69) is 11.9 Å². The van der Waals surface area contributed by atoms with E-state index >= 15 is 0 Å². The monoisotopic (exact) mass is 272 g/mol. The summed E-state index contributed by atoms with van der Waals surface area (Å²) in [5.74, 6) is 1.44. The largest absolute Gasteiger partial charge is 0.497 e. The van der Waals surface area contributed by atoms with Gasteiger partial charge in [-0.05, 0) is 35.7 Å². The predicted octanol–water partition coefficient (Wildman–Crippen LogP) is 2.69. The van der Waals surface area contributed by atoms with Crippen molar-refractivity contribution in [2.45, 2.75) is 26.5 Å². The van der Waals surface area contributed by atoms with Crippen molar-refractivity contribution in [1.82, 2.24) is 4.98 Å². The second kappa shape index (κ2) is 6.91. The Bertz CT molecular complexity index is 548. The van der Waals surface area contributed by atoms with Gasteiger partial charge in [-0.3, -0.25) is 0 Å². The zero-order valence-electron chi connectivity index (χ0n) is 11.9. The molecule has 0 amide bonds. The number of methoxy groups -OCH3 is 1. The topological polar surface area (TPSA) is 57.4 Å². The average molecular weight is 272 g/mol. The third kappa shape index (κ3) is 3.71. The summed E-state index contributed by atoms with van der Waals surface area (Å²) in [7, 11) is 1.65. The van der Waals surface area contributed by atoms with E-state index in [-0.39, 0.29) is 0 Å². The minimum atomic E-state index is 0.460. The lowest BCUT2D eigenvalue weighted by Crippen LogP contribution is -2.03. The SMILES string of the molecule is CCc1cc(CN)cc(OCc2cccc(OC)c2)n1. The quantitative estimate of drug-likeness (QED) is 0.878. The molecule has 0 atom stereocenters. The van der Waals surface area contributed by atoms with Gasteiger partial charge >= 0.3 is 0 Å². The minimum absolute atomic E-state index is 0.460. The summed E-state index contributed by atoms with van der Waals surface area (Å²) in [5.41, 5.74) is 8.76. The van der Waals surface area contributed by atoms with Crippen LogP contribution in [0.1, 0.15) is 23.7 Å². The maximum Gasteiger partial charge on any atom is 0.214 e. The number of aromatic nitrogens is 1. The van der Waals surface area contributed by atoms with Gasteiger partial charge in [0.05, 0.1) is 7.11 Å². The number of pyridine rings is 1. The second-order valence-corrected chi connectivity index (χ2v) is 4.50. The molecule has 20 heavy (non-hydrogen) atoms. The molecule has 2 N–H and O–H groups in total. The zero-order chi connectivity index (χ0) is 14.4. The third-order valence-electron chi connectivity index (χ3n) is 3.03. The first-order valence-electron chi connectivity index (χ1n) is 6.70. The van der Waals surface area contributed by atoms with Crippen LogP contribution in [0, 0.1) is 0 Å². The molecule has 1 heterocycles. The number of ether oxygens (including phenoxy) is 2. The van der Waals surface area contributed by atoms with E-state index in [1.807, 2.05) is 36.4 Å². The van der Waals surface area contributed by atoms with Crippen LogP contribution in [0.25, 0.3) is 0 Å². The molecule has 0 fully saturated rings. The van der Waals surface area contributed by atoms with Gasteiger partial charge in [-0.25, -0.2) is 4.98 Å². The number of nitrogens with zero attached hydrogens (tertiary/aromatic N) is 1. The Morgan fingerprint density at radius 3 is 2.70 bits per heavy atom. The predicted molar refractivity (Wildman–Crippen MR) is 78.8 cm³/mol. The maximum absolute atomic E-state index is 5.75. The third-order valence-corrected chi connectivity index (χ3v) is 3.03. The van der Waals surface area contributed by atoms with Crippen molar-refractivity contribution in [3.8, 4) is 11.6 Å². The Hall–Kier alpha value is -2.07. The summed E-state index contributed by atoms with van der Waals surface area (Å²) >= 11 is 0. The summed E-state index contributed by atoms with van der Waals surface area (Å²) < 4.78 is 10.9. The van der Waals surface area contributed by atoms with Gasteiger partial charge in [0.2, 0.25) is 5.88 Å². The van der Waals surface area contributed by atoms with E-state index in [0.717, 1.165) is 29.0 Å². The first-order valence-corrected chi connectivity index (χ1v) is 6.70. The average Bonchev–Trinajstić information content (AvgIpc) is 2.52. The molecule has 4 nitrogen and oxygen atoms in total. The van der Waals surface area contributed by atoms with Crippen LogP contribution in [0.3, 0.4) is 0 Å². The summed E-state index contributed by atoms with van der Waals surface area (Å²) in [6, 6.07) is 11.7. The zero-order valence-corrected chi connectivity index (χ0v) is 11.9. The molecular formula is C16H20N2O2. The van der Waals surface area contributed by atoms with Crippen molar-refractivity contribution in [2.24, 2.45) is 5.73 Å². The smallest absolute Gasteiger partial charge is 0.214 e. The lowest BCUT2D eigenvalue weighted by molar-refractivity contribution is 0.292. The highest BCUT2D eigenvalue weighted by molar-refractivity contribution is 5.29. The fourth-order valence-corrected chi connectivity index (χ4v) is 1.91. The summed E-state index contributed by atoms with van der Waals surface area (Å²) in [5, 5.41) is 0. The Morgan fingerprint density at radius 2 is 2.00 bits per heavy atom. The molecule has 2 aromatic rings. The summed E-state index contributed by atoms with van der Waals surface area (Å²) in [6.45, 7) is 3.01. The highest BCUT2D eigenvalue weighted by atomic mass is 16.5. The molecule has 0 aliphatic rings. The van der Waals surface area contributed by atoms with Gasteiger partial charge in [0.15, 0.2) is 0 Å². The van der Waals surface area contributed by atoms with Crippen LogP contribution in [0.5, 0.6) is 11.6 Å². The van der Waals surface area contributed by atoms with Gasteiger partial charge in [0.25, 0.3) is 0 Å². The molecule has 0 bridgehead atoms. The molecule has 0 saturated carbocycles. The molecule has 0 radical (unpaired) electrons. The Morgan fingerprint density at radius 1 is 1.15 bits per heavy atom. The van der Waals surface area contributed by atoms with Crippen molar-refractivity contribution >= 4 is 0 Å². The van der Waals surface area contributed by atoms with Crippen molar-refractivity contribution in [3.05, 3.63) is 53.2 Å². The van der Waals surface area contributed by atoms with E-state index in [1.165, 1.54) is 0 Å². The van der Waals surface area contributed by atoms with Gasteiger partial charge in [-0.15, -0.1) is 0 Å². The molecule has 1 aromatic heterocycles. The standard InChI is InChI=1S/C16H20N2O2/c1-3-14-7-13(10-17)9-16(18-14)20-11-12-5-4-6-15(8-12)19-2/h4-9H,3,10-11,17H2,1-2H3. The molecule has 1 aromatic carbocycles. The van der Waals surface area contributed by atoms with Gasteiger partial charge in [-0.2, -0.15) is 0 Å². The second-order valence-electron chi connectivity index (χ2n) is 4.50. The highest BCUT2D eigenvalue weighted by Crippen LogP contribution is 2.17. The van der Waals surface area contributed by atoms with Gasteiger partial charge in [0, 0.05) is 18.3 Å². The van der Waals surface area contributed by atoms with Crippen molar-refractivity contribution in [3.63, 3.8) is 0 Å². The van der Waals surface area contributed by atoms with E-state index in [1.54, 1.807) is 7.11 Å². The molecule has 0 saturated heterocycles. The fraction of sp³-hybridized carbons (Fsp3) is 0.312. The summed E-state index contributed by atoms with van der Waals surface area (Å²) in [4.78, 5) is 4.45. The highest BCUT2D eigenvalue weighted by Gasteiger charge is 2.03. The van der Waals surface area contributed by atoms with Crippen LogP contribution in [0.15, 0.2) is 36.4 Å². The molecule has 0 unspecified atom stereocenters. The molecule has 0 aliphatic carbocycles. The van der Waals surface area contributed by atoms with Crippen molar-refractivity contribution < 1.29 is 9.47 Å². The van der Waals surface area contributed by atoms with E-state index in [9.17, 15) is 0 Å². The number of aryl methyl sites for hydroxylation is 1. The molecule has 2 rings (SSSR count). The van der Waals surface area contributed by atoms with Crippen LogP contribution in [0.2, 0.25) is 0 Å². The van der Waals surface area contributed by atoms with Crippen LogP contribution < -0.4 is 15.2 Å². The minimum Gasteiger partial charge on any atom is -0.497 e. The van der Waals surface area contributed by atoms with Gasteiger partial charge in [0.1, 0.15) is 12.4 Å². The van der Waals surface area contributed by atoms with E-state index in [4.69, 9.17) is 15.2 Å². The molecule has 0 spiro atoms. The lowest BCUT2D eigenvalue weighted by atomic mass is 10.2. The lowest BCUT2D eigenvalue weighted by Gasteiger charge is -2.09. The Kier molecular flexibility index (Phi) is 4.96.